The first kappa shape index (κ1) is 12.7. The first-order valence-electron chi connectivity index (χ1n) is 7.21. The van der Waals surface area contributed by atoms with Gasteiger partial charge >= 0.3 is 0 Å². The second kappa shape index (κ2) is 5.35. The third kappa shape index (κ3) is 2.40. The van der Waals surface area contributed by atoms with Crippen molar-refractivity contribution in [2.45, 2.75) is 26.4 Å². The molecule has 2 heterocycles. The summed E-state index contributed by atoms with van der Waals surface area (Å²) in [6, 6.07) is 8.64. The normalized spacial score (nSPS) is 20.4. The lowest BCUT2D eigenvalue weighted by molar-refractivity contribution is 0.220. The average molecular weight is 258 g/mol. The van der Waals surface area contributed by atoms with Crippen molar-refractivity contribution in [1.82, 2.24) is 9.47 Å². The van der Waals surface area contributed by atoms with E-state index in [4.69, 9.17) is 0 Å². The van der Waals surface area contributed by atoms with Gasteiger partial charge in [-0.3, -0.25) is 4.90 Å². The molecular formula is C16H22N2O. The fraction of sp³-hybridized carbons (Fsp3) is 0.500. The zero-order valence-electron chi connectivity index (χ0n) is 11.5. The highest BCUT2D eigenvalue weighted by molar-refractivity contribution is 5.83. The van der Waals surface area contributed by atoms with Crippen molar-refractivity contribution in [3.63, 3.8) is 0 Å². The predicted molar refractivity (Wildman–Crippen MR) is 78.1 cm³/mol. The number of hydrogen-bond acceptors (Lipinski definition) is 2. The molecule has 0 bridgehead atoms. The number of benzene rings is 1. The molecule has 3 heteroatoms. The van der Waals surface area contributed by atoms with Crippen LogP contribution < -0.4 is 0 Å². The number of aromatic nitrogens is 1. The first-order valence-corrected chi connectivity index (χ1v) is 7.21. The summed E-state index contributed by atoms with van der Waals surface area (Å²) in [5.41, 5.74) is 2.74. The molecule has 0 spiro atoms. The molecule has 1 aromatic heterocycles. The van der Waals surface area contributed by atoms with Crippen molar-refractivity contribution in [3.05, 3.63) is 36.0 Å². The number of rotatable bonds is 4. The van der Waals surface area contributed by atoms with Gasteiger partial charge in [-0.25, -0.2) is 0 Å². The number of hydrogen-bond donors (Lipinski definition) is 1. The molecule has 1 aliphatic rings. The number of para-hydroxylation sites is 1. The molecule has 3 nitrogen and oxygen atoms in total. The maximum absolute atomic E-state index is 9.23. The van der Waals surface area contributed by atoms with Crippen LogP contribution in [0.15, 0.2) is 30.5 Å². The molecule has 19 heavy (non-hydrogen) atoms. The Kier molecular flexibility index (Phi) is 3.58. The third-order valence-electron chi connectivity index (χ3n) is 4.23. The molecule has 1 aliphatic heterocycles. The van der Waals surface area contributed by atoms with Crippen LogP contribution >= 0.6 is 0 Å². The van der Waals surface area contributed by atoms with Gasteiger partial charge in [-0.1, -0.05) is 18.2 Å². The highest BCUT2D eigenvalue weighted by atomic mass is 16.3. The molecule has 1 unspecified atom stereocenters. The molecule has 1 aromatic carbocycles. The van der Waals surface area contributed by atoms with E-state index in [-0.39, 0.29) is 0 Å². The van der Waals surface area contributed by atoms with E-state index in [0.29, 0.717) is 12.5 Å². The largest absolute Gasteiger partial charge is 0.396 e. The van der Waals surface area contributed by atoms with Gasteiger partial charge in [0, 0.05) is 43.3 Å². The molecule has 0 amide bonds. The second-order valence-corrected chi connectivity index (χ2v) is 5.53. The van der Waals surface area contributed by atoms with Crippen LogP contribution in [-0.4, -0.2) is 34.3 Å². The zero-order valence-corrected chi connectivity index (χ0v) is 11.5. The number of aliphatic hydroxyl groups is 1. The van der Waals surface area contributed by atoms with Crippen molar-refractivity contribution >= 4 is 10.9 Å². The number of aliphatic hydroxyl groups excluding tert-OH is 1. The minimum atomic E-state index is 0.327. The van der Waals surface area contributed by atoms with E-state index < -0.39 is 0 Å². The standard InChI is InChI=1S/C16H22N2O/c1-2-18-11-14(15-5-3-4-6-16(15)18)10-17-8-7-13(9-17)12-19/h3-6,11,13,19H,2,7-10,12H2,1H3. The molecule has 1 atom stereocenters. The Morgan fingerprint density at radius 1 is 1.32 bits per heavy atom. The Hall–Kier alpha value is -1.32. The predicted octanol–water partition coefficient (Wildman–Crippen LogP) is 2.48. The fourth-order valence-corrected chi connectivity index (χ4v) is 3.16. The van der Waals surface area contributed by atoms with Gasteiger partial charge in [0.25, 0.3) is 0 Å². The van der Waals surface area contributed by atoms with Crippen molar-refractivity contribution in [1.29, 1.82) is 0 Å². The Morgan fingerprint density at radius 3 is 2.89 bits per heavy atom. The number of likely N-dealkylation sites (tertiary alicyclic amines) is 1. The minimum Gasteiger partial charge on any atom is -0.396 e. The van der Waals surface area contributed by atoms with E-state index in [2.05, 4.69) is 46.9 Å². The summed E-state index contributed by atoms with van der Waals surface area (Å²) < 4.78 is 2.32. The topological polar surface area (TPSA) is 28.4 Å². The van der Waals surface area contributed by atoms with Crippen molar-refractivity contribution < 1.29 is 5.11 Å². The van der Waals surface area contributed by atoms with Crippen LogP contribution in [0.2, 0.25) is 0 Å². The summed E-state index contributed by atoms with van der Waals surface area (Å²) in [5, 5.41) is 10.6. The molecule has 0 saturated carbocycles. The van der Waals surface area contributed by atoms with Crippen LogP contribution in [0.4, 0.5) is 0 Å². The van der Waals surface area contributed by atoms with Crippen molar-refractivity contribution in [2.24, 2.45) is 5.92 Å². The lowest BCUT2D eigenvalue weighted by Gasteiger charge is -2.14. The monoisotopic (exact) mass is 258 g/mol. The molecule has 0 radical (unpaired) electrons. The fourth-order valence-electron chi connectivity index (χ4n) is 3.16. The lowest BCUT2D eigenvalue weighted by Crippen LogP contribution is -2.20. The molecular weight excluding hydrogens is 236 g/mol. The van der Waals surface area contributed by atoms with E-state index in [1.807, 2.05) is 0 Å². The summed E-state index contributed by atoms with van der Waals surface area (Å²) in [6.07, 6.45) is 3.42. The van der Waals surface area contributed by atoms with Crippen LogP contribution in [0.25, 0.3) is 10.9 Å². The first-order chi connectivity index (χ1) is 9.31. The summed E-state index contributed by atoms with van der Waals surface area (Å²) in [7, 11) is 0. The Morgan fingerprint density at radius 2 is 2.16 bits per heavy atom. The van der Waals surface area contributed by atoms with Gasteiger partial charge in [0.1, 0.15) is 0 Å². The molecule has 0 aliphatic carbocycles. The third-order valence-corrected chi connectivity index (χ3v) is 4.23. The summed E-state index contributed by atoms with van der Waals surface area (Å²) in [6.45, 7) is 6.67. The summed E-state index contributed by atoms with van der Waals surface area (Å²) in [5.74, 6) is 0.472. The number of fused-ring (bicyclic) bond motifs is 1. The van der Waals surface area contributed by atoms with Crippen LogP contribution in [0.3, 0.4) is 0 Å². The Labute approximate surface area is 114 Å². The minimum absolute atomic E-state index is 0.327. The molecule has 102 valence electrons. The molecule has 3 rings (SSSR count). The van der Waals surface area contributed by atoms with E-state index in [1.165, 1.54) is 16.5 Å². The van der Waals surface area contributed by atoms with E-state index >= 15 is 0 Å². The molecule has 1 N–H and O–H groups in total. The maximum Gasteiger partial charge on any atom is 0.0483 e. The van der Waals surface area contributed by atoms with Crippen LogP contribution in [0, 0.1) is 5.92 Å². The number of nitrogens with zero attached hydrogens (tertiary/aromatic N) is 2. The summed E-state index contributed by atoms with van der Waals surface area (Å²) >= 11 is 0. The van der Waals surface area contributed by atoms with Gasteiger partial charge in [-0.15, -0.1) is 0 Å². The molecule has 1 saturated heterocycles. The Bertz CT molecular complexity index is 561. The molecule has 1 fully saturated rings. The van der Waals surface area contributed by atoms with Gasteiger partial charge in [0.2, 0.25) is 0 Å². The lowest BCUT2D eigenvalue weighted by atomic mass is 10.1. The summed E-state index contributed by atoms with van der Waals surface area (Å²) in [4.78, 5) is 2.46. The van der Waals surface area contributed by atoms with Gasteiger partial charge in [-0.05, 0) is 37.4 Å². The van der Waals surface area contributed by atoms with E-state index in [0.717, 1.165) is 32.6 Å². The highest BCUT2D eigenvalue weighted by Gasteiger charge is 2.22. The Balaban J connectivity index is 1.85. The van der Waals surface area contributed by atoms with E-state index in [1.54, 1.807) is 0 Å². The quantitative estimate of drug-likeness (QED) is 0.912. The van der Waals surface area contributed by atoms with Crippen LogP contribution in [0.5, 0.6) is 0 Å². The SMILES string of the molecule is CCn1cc(CN2CCC(CO)C2)c2ccccc21. The zero-order chi connectivity index (χ0) is 13.2. The number of aryl methyl sites for hydroxylation is 1. The maximum atomic E-state index is 9.23. The van der Waals surface area contributed by atoms with Gasteiger partial charge in [0.05, 0.1) is 0 Å². The van der Waals surface area contributed by atoms with Crippen LogP contribution in [0.1, 0.15) is 18.9 Å². The molecule has 2 aromatic rings. The van der Waals surface area contributed by atoms with Gasteiger partial charge in [-0.2, -0.15) is 0 Å². The smallest absolute Gasteiger partial charge is 0.0483 e. The van der Waals surface area contributed by atoms with Gasteiger partial charge in [0.15, 0.2) is 0 Å². The highest BCUT2D eigenvalue weighted by Crippen LogP contribution is 2.25. The van der Waals surface area contributed by atoms with E-state index in [9.17, 15) is 5.11 Å². The van der Waals surface area contributed by atoms with Crippen LogP contribution in [-0.2, 0) is 13.1 Å². The average Bonchev–Trinajstić information content (AvgIpc) is 3.04. The van der Waals surface area contributed by atoms with Crippen molar-refractivity contribution in [2.75, 3.05) is 19.7 Å². The van der Waals surface area contributed by atoms with Gasteiger partial charge < -0.3 is 9.67 Å². The second-order valence-electron chi connectivity index (χ2n) is 5.53. The van der Waals surface area contributed by atoms with Crippen molar-refractivity contribution in [3.8, 4) is 0 Å².